The SMILES string of the molecule is O=C(Nc1ccc(N2CCN(C(=O)c3ccco3)CC2)c(Cl)c1)c1ccc([N+](=O)[O-])cc1. The Morgan fingerprint density at radius 3 is 2.34 bits per heavy atom. The van der Waals surface area contributed by atoms with Crippen molar-refractivity contribution in [3.05, 3.63) is 87.3 Å². The van der Waals surface area contributed by atoms with Crippen molar-refractivity contribution >= 4 is 40.5 Å². The highest BCUT2D eigenvalue weighted by Gasteiger charge is 2.24. The fraction of sp³-hybridized carbons (Fsp3) is 0.182. The molecule has 1 aliphatic heterocycles. The normalized spacial score (nSPS) is 13.7. The molecule has 1 N–H and O–H groups in total. The van der Waals surface area contributed by atoms with Gasteiger partial charge < -0.3 is 19.5 Å². The summed E-state index contributed by atoms with van der Waals surface area (Å²) >= 11 is 6.46. The molecule has 2 aromatic carbocycles. The molecule has 2 heterocycles. The number of nitrogens with zero attached hydrogens (tertiary/aromatic N) is 3. The number of furan rings is 1. The number of nitro groups is 1. The van der Waals surface area contributed by atoms with E-state index in [1.165, 1.54) is 30.5 Å². The Bertz CT molecular complexity index is 1140. The average molecular weight is 455 g/mol. The molecule has 3 aromatic rings. The molecule has 1 aliphatic rings. The Labute approximate surface area is 188 Å². The van der Waals surface area contributed by atoms with Crippen molar-refractivity contribution in [2.24, 2.45) is 0 Å². The van der Waals surface area contributed by atoms with Gasteiger partial charge in [-0.1, -0.05) is 11.6 Å². The van der Waals surface area contributed by atoms with Gasteiger partial charge in [-0.2, -0.15) is 0 Å². The summed E-state index contributed by atoms with van der Waals surface area (Å²) in [6.07, 6.45) is 1.48. The second-order valence-corrected chi connectivity index (χ2v) is 7.59. The maximum absolute atomic E-state index is 12.4. The van der Waals surface area contributed by atoms with Gasteiger partial charge >= 0.3 is 0 Å². The van der Waals surface area contributed by atoms with E-state index in [2.05, 4.69) is 10.2 Å². The number of nitro benzene ring substituents is 1. The lowest BCUT2D eigenvalue weighted by Gasteiger charge is -2.36. The number of carbonyl (C=O) groups is 2. The lowest BCUT2D eigenvalue weighted by molar-refractivity contribution is -0.384. The molecule has 9 nitrogen and oxygen atoms in total. The number of halogens is 1. The van der Waals surface area contributed by atoms with Crippen LogP contribution in [-0.4, -0.2) is 47.8 Å². The topological polar surface area (TPSA) is 109 Å². The van der Waals surface area contributed by atoms with Gasteiger partial charge in [-0.15, -0.1) is 0 Å². The molecule has 1 fully saturated rings. The number of anilines is 2. The number of hydrogen-bond acceptors (Lipinski definition) is 6. The van der Waals surface area contributed by atoms with Crippen LogP contribution in [0, 0.1) is 10.1 Å². The molecule has 1 saturated heterocycles. The van der Waals surface area contributed by atoms with Crippen LogP contribution < -0.4 is 10.2 Å². The molecule has 0 radical (unpaired) electrons. The van der Waals surface area contributed by atoms with E-state index in [-0.39, 0.29) is 11.6 Å². The van der Waals surface area contributed by atoms with Gasteiger partial charge in [-0.05, 0) is 42.5 Å². The van der Waals surface area contributed by atoms with Gasteiger partial charge in [-0.3, -0.25) is 19.7 Å². The third-order valence-corrected chi connectivity index (χ3v) is 5.49. The molecule has 0 saturated carbocycles. The van der Waals surface area contributed by atoms with Crippen LogP contribution in [0.4, 0.5) is 17.1 Å². The van der Waals surface area contributed by atoms with Crippen molar-refractivity contribution in [2.45, 2.75) is 0 Å². The molecule has 1 aromatic heterocycles. The first kappa shape index (κ1) is 21.4. The smallest absolute Gasteiger partial charge is 0.289 e. The quantitative estimate of drug-likeness (QED) is 0.460. The summed E-state index contributed by atoms with van der Waals surface area (Å²) in [4.78, 5) is 38.8. The highest BCUT2D eigenvalue weighted by molar-refractivity contribution is 6.33. The number of carbonyl (C=O) groups excluding carboxylic acids is 2. The molecular weight excluding hydrogens is 436 g/mol. The van der Waals surface area contributed by atoms with Crippen molar-refractivity contribution in [3.63, 3.8) is 0 Å². The van der Waals surface area contributed by atoms with Crippen molar-refractivity contribution in [3.8, 4) is 0 Å². The van der Waals surface area contributed by atoms with Gasteiger partial charge in [0.05, 0.1) is 21.9 Å². The Morgan fingerprint density at radius 2 is 1.75 bits per heavy atom. The fourth-order valence-corrected chi connectivity index (χ4v) is 3.79. The summed E-state index contributed by atoms with van der Waals surface area (Å²) in [5, 5.41) is 14.0. The number of nitrogens with one attached hydrogen (secondary N) is 1. The van der Waals surface area contributed by atoms with E-state index in [1.54, 1.807) is 29.2 Å². The number of non-ortho nitro benzene ring substituents is 1. The Balaban J connectivity index is 1.37. The van der Waals surface area contributed by atoms with E-state index in [9.17, 15) is 19.7 Å². The highest BCUT2D eigenvalue weighted by atomic mass is 35.5. The first-order valence-corrected chi connectivity index (χ1v) is 10.2. The van der Waals surface area contributed by atoms with E-state index in [1.807, 2.05) is 6.07 Å². The van der Waals surface area contributed by atoms with E-state index in [4.69, 9.17) is 16.0 Å². The molecule has 0 aliphatic carbocycles. The zero-order chi connectivity index (χ0) is 22.7. The van der Waals surface area contributed by atoms with Crippen LogP contribution in [0.3, 0.4) is 0 Å². The fourth-order valence-electron chi connectivity index (χ4n) is 3.49. The molecule has 4 rings (SSSR count). The van der Waals surface area contributed by atoms with Crippen LogP contribution in [0.15, 0.2) is 65.3 Å². The van der Waals surface area contributed by atoms with Gasteiger partial charge in [0, 0.05) is 49.6 Å². The largest absolute Gasteiger partial charge is 0.459 e. The van der Waals surface area contributed by atoms with E-state index in [0.29, 0.717) is 48.2 Å². The molecule has 0 atom stereocenters. The van der Waals surface area contributed by atoms with Crippen molar-refractivity contribution < 1.29 is 18.9 Å². The Morgan fingerprint density at radius 1 is 1.03 bits per heavy atom. The van der Waals surface area contributed by atoms with Crippen LogP contribution in [-0.2, 0) is 0 Å². The minimum atomic E-state index is -0.521. The predicted octanol–water partition coefficient (Wildman–Crippen LogP) is 4.06. The molecule has 0 bridgehead atoms. The van der Waals surface area contributed by atoms with Crippen molar-refractivity contribution in [2.75, 3.05) is 36.4 Å². The van der Waals surface area contributed by atoms with Crippen molar-refractivity contribution in [1.82, 2.24) is 4.90 Å². The standard InChI is InChI=1S/C22H19ClN4O5/c23-18-14-16(24-21(28)15-3-6-17(7-4-15)27(30)31)5-8-19(18)25-9-11-26(12-10-25)22(29)20-2-1-13-32-20/h1-8,13-14H,9-12H2,(H,24,28). The van der Waals surface area contributed by atoms with Gasteiger partial charge in [0.1, 0.15) is 0 Å². The number of hydrogen-bond donors (Lipinski definition) is 1. The molecule has 10 heteroatoms. The van der Waals surface area contributed by atoms with Gasteiger partial charge in [0.25, 0.3) is 17.5 Å². The van der Waals surface area contributed by atoms with Crippen LogP contribution in [0.5, 0.6) is 0 Å². The van der Waals surface area contributed by atoms with E-state index >= 15 is 0 Å². The summed E-state index contributed by atoms with van der Waals surface area (Å²) in [5.74, 6) is -0.205. The molecule has 0 unspecified atom stereocenters. The van der Waals surface area contributed by atoms with Crippen LogP contribution in [0.1, 0.15) is 20.9 Å². The average Bonchev–Trinajstić information content (AvgIpc) is 3.34. The molecule has 0 spiro atoms. The molecule has 32 heavy (non-hydrogen) atoms. The Kier molecular flexibility index (Phi) is 6.09. The van der Waals surface area contributed by atoms with Crippen LogP contribution in [0.25, 0.3) is 0 Å². The third-order valence-electron chi connectivity index (χ3n) is 5.19. The summed E-state index contributed by atoms with van der Waals surface area (Å²) in [7, 11) is 0. The third kappa shape index (κ3) is 4.57. The summed E-state index contributed by atoms with van der Waals surface area (Å²) in [5.41, 5.74) is 1.53. The molecular formula is C22H19ClN4O5. The second-order valence-electron chi connectivity index (χ2n) is 7.18. The molecule has 2 amide bonds. The van der Waals surface area contributed by atoms with Gasteiger partial charge in [0.15, 0.2) is 5.76 Å². The highest BCUT2D eigenvalue weighted by Crippen LogP contribution is 2.30. The number of rotatable bonds is 5. The summed E-state index contributed by atoms with van der Waals surface area (Å²) in [6, 6.07) is 13.9. The van der Waals surface area contributed by atoms with Gasteiger partial charge in [-0.25, -0.2) is 0 Å². The predicted molar refractivity (Wildman–Crippen MR) is 119 cm³/mol. The number of amides is 2. The minimum Gasteiger partial charge on any atom is -0.459 e. The van der Waals surface area contributed by atoms with Gasteiger partial charge in [0.2, 0.25) is 0 Å². The van der Waals surface area contributed by atoms with Crippen molar-refractivity contribution in [1.29, 1.82) is 0 Å². The molecule has 164 valence electrons. The minimum absolute atomic E-state index is 0.0834. The number of piperazine rings is 1. The second kappa shape index (κ2) is 9.11. The number of benzene rings is 2. The van der Waals surface area contributed by atoms with E-state index in [0.717, 1.165) is 5.69 Å². The summed E-state index contributed by atoms with van der Waals surface area (Å²) < 4.78 is 5.18. The zero-order valence-electron chi connectivity index (χ0n) is 16.9. The Hall–Kier alpha value is -3.85. The lowest BCUT2D eigenvalue weighted by atomic mass is 10.2. The summed E-state index contributed by atoms with van der Waals surface area (Å²) in [6.45, 7) is 2.30. The zero-order valence-corrected chi connectivity index (χ0v) is 17.6. The maximum Gasteiger partial charge on any atom is 0.289 e. The van der Waals surface area contributed by atoms with Crippen LogP contribution in [0.2, 0.25) is 5.02 Å². The first-order valence-electron chi connectivity index (χ1n) is 9.85. The lowest BCUT2D eigenvalue weighted by Crippen LogP contribution is -2.48. The monoisotopic (exact) mass is 454 g/mol. The van der Waals surface area contributed by atoms with E-state index < -0.39 is 10.8 Å². The maximum atomic E-state index is 12.4. The first-order chi connectivity index (χ1) is 15.4. The van der Waals surface area contributed by atoms with Crippen LogP contribution >= 0.6 is 11.6 Å².